The molecule has 0 heterocycles. The topological polar surface area (TPSA) is 62.1 Å². The van der Waals surface area contributed by atoms with E-state index in [1.165, 1.54) is 0 Å². The molecular formula is C20H16N2O2. The van der Waals surface area contributed by atoms with Gasteiger partial charge < -0.3 is 10.1 Å². The highest BCUT2D eigenvalue weighted by Gasteiger charge is 2.17. The molecule has 3 aromatic carbocycles. The first kappa shape index (κ1) is 15.6. The average Bonchev–Trinajstić information content (AvgIpc) is 2.62. The van der Waals surface area contributed by atoms with Crippen LogP contribution in [0.15, 0.2) is 66.7 Å². The zero-order valence-electron chi connectivity index (χ0n) is 13.2. The van der Waals surface area contributed by atoms with Crippen LogP contribution in [0.1, 0.15) is 12.5 Å². The van der Waals surface area contributed by atoms with Gasteiger partial charge >= 0.3 is 0 Å². The number of benzene rings is 3. The van der Waals surface area contributed by atoms with Gasteiger partial charge in [0.1, 0.15) is 11.8 Å². The van der Waals surface area contributed by atoms with Gasteiger partial charge in [0.05, 0.1) is 5.56 Å². The van der Waals surface area contributed by atoms with Gasteiger partial charge in [0.15, 0.2) is 6.10 Å². The lowest BCUT2D eigenvalue weighted by Gasteiger charge is -2.16. The molecule has 3 aromatic rings. The lowest BCUT2D eigenvalue weighted by molar-refractivity contribution is -0.122. The Bertz CT molecular complexity index is 923. The Balaban J connectivity index is 1.78. The Morgan fingerprint density at radius 3 is 2.58 bits per heavy atom. The molecule has 0 saturated carbocycles. The molecule has 3 rings (SSSR count). The van der Waals surface area contributed by atoms with E-state index in [1.54, 1.807) is 31.2 Å². The number of carbonyl (C=O) groups is 1. The molecule has 0 spiro atoms. The third-order valence-electron chi connectivity index (χ3n) is 3.73. The van der Waals surface area contributed by atoms with Crippen LogP contribution in [0.25, 0.3) is 10.8 Å². The summed E-state index contributed by atoms with van der Waals surface area (Å²) in [5.41, 5.74) is 1.14. The first-order valence-electron chi connectivity index (χ1n) is 7.63. The predicted octanol–water partition coefficient (Wildman–Crippen LogP) is 4.12. The summed E-state index contributed by atoms with van der Waals surface area (Å²) in [5, 5.41) is 14.0. The average molecular weight is 316 g/mol. The summed E-state index contributed by atoms with van der Waals surface area (Å²) in [6, 6.07) is 22.5. The number of para-hydroxylation sites is 1. The number of anilines is 1. The normalized spacial score (nSPS) is 11.5. The van der Waals surface area contributed by atoms with Crippen molar-refractivity contribution in [2.75, 3.05) is 5.32 Å². The molecule has 4 heteroatoms. The zero-order valence-corrected chi connectivity index (χ0v) is 13.2. The number of amides is 1. The Labute approximate surface area is 140 Å². The number of fused-ring (bicyclic) bond motifs is 1. The third-order valence-corrected chi connectivity index (χ3v) is 3.73. The summed E-state index contributed by atoms with van der Waals surface area (Å²) in [6.45, 7) is 1.66. The summed E-state index contributed by atoms with van der Waals surface area (Å²) in [5.74, 6) is 0.139. The van der Waals surface area contributed by atoms with E-state index in [2.05, 4.69) is 11.4 Å². The number of hydrogen-bond donors (Lipinski definition) is 1. The Morgan fingerprint density at radius 2 is 1.75 bits per heavy atom. The van der Waals surface area contributed by atoms with Crippen LogP contribution in [0.3, 0.4) is 0 Å². The van der Waals surface area contributed by atoms with E-state index in [1.807, 2.05) is 42.5 Å². The van der Waals surface area contributed by atoms with Gasteiger partial charge in [-0.15, -0.1) is 0 Å². The Morgan fingerprint density at radius 1 is 1.04 bits per heavy atom. The quantitative estimate of drug-likeness (QED) is 0.787. The summed E-state index contributed by atoms with van der Waals surface area (Å²) < 4.78 is 5.65. The van der Waals surface area contributed by atoms with Gasteiger partial charge in [0.25, 0.3) is 5.91 Å². The molecule has 1 amide bonds. The molecule has 0 unspecified atom stereocenters. The van der Waals surface area contributed by atoms with E-state index in [9.17, 15) is 4.79 Å². The Hall–Kier alpha value is -3.32. The lowest BCUT2D eigenvalue weighted by Crippen LogP contribution is -2.30. The molecule has 0 fully saturated rings. The summed E-state index contributed by atoms with van der Waals surface area (Å²) in [7, 11) is 0. The summed E-state index contributed by atoms with van der Waals surface area (Å²) >= 11 is 0. The highest BCUT2D eigenvalue weighted by Crippen LogP contribution is 2.24. The molecule has 0 radical (unpaired) electrons. The molecule has 4 nitrogen and oxygen atoms in total. The zero-order chi connectivity index (χ0) is 16.9. The van der Waals surface area contributed by atoms with Crippen molar-refractivity contribution >= 4 is 22.4 Å². The molecule has 118 valence electrons. The molecular weight excluding hydrogens is 300 g/mol. The predicted molar refractivity (Wildman–Crippen MR) is 93.8 cm³/mol. The molecule has 0 aliphatic carbocycles. The van der Waals surface area contributed by atoms with Crippen molar-refractivity contribution in [2.45, 2.75) is 13.0 Å². The highest BCUT2D eigenvalue weighted by molar-refractivity contribution is 6.03. The largest absolute Gasteiger partial charge is 0.480 e. The van der Waals surface area contributed by atoms with E-state index in [-0.39, 0.29) is 5.91 Å². The van der Waals surface area contributed by atoms with Crippen LogP contribution in [0.4, 0.5) is 5.69 Å². The van der Waals surface area contributed by atoms with Gasteiger partial charge in [0, 0.05) is 11.1 Å². The molecule has 0 saturated heterocycles. The number of nitrogens with zero attached hydrogens (tertiary/aromatic N) is 1. The smallest absolute Gasteiger partial charge is 0.265 e. The van der Waals surface area contributed by atoms with Gasteiger partial charge in [-0.1, -0.05) is 48.5 Å². The maximum atomic E-state index is 12.4. The number of carbonyl (C=O) groups excluding carboxylic acids is 1. The minimum absolute atomic E-state index is 0.265. The first-order chi connectivity index (χ1) is 11.7. The fourth-order valence-corrected chi connectivity index (χ4v) is 2.47. The van der Waals surface area contributed by atoms with E-state index >= 15 is 0 Å². The van der Waals surface area contributed by atoms with Crippen LogP contribution in [0, 0.1) is 11.3 Å². The van der Waals surface area contributed by atoms with Crippen LogP contribution in [-0.4, -0.2) is 12.0 Å². The van der Waals surface area contributed by atoms with Gasteiger partial charge in [-0.3, -0.25) is 4.79 Å². The minimum Gasteiger partial charge on any atom is -0.480 e. The van der Waals surface area contributed by atoms with Crippen molar-refractivity contribution in [3.63, 3.8) is 0 Å². The standard InChI is InChI=1S/C20H16N2O2/c1-14(24-19-12-5-3-8-16(19)13-21)20(23)22-18-11-6-9-15-7-2-4-10-17(15)18/h2-12,14H,1H3,(H,22,23)/t14-/m1/s1. The number of nitriles is 1. The summed E-state index contributed by atoms with van der Waals surface area (Å²) in [6.07, 6.45) is -0.724. The molecule has 0 aliphatic heterocycles. The van der Waals surface area contributed by atoms with Crippen LogP contribution in [-0.2, 0) is 4.79 Å². The monoisotopic (exact) mass is 316 g/mol. The van der Waals surface area contributed by atoms with Crippen LogP contribution in [0.5, 0.6) is 5.75 Å². The van der Waals surface area contributed by atoms with Gasteiger partial charge in [-0.25, -0.2) is 0 Å². The van der Waals surface area contributed by atoms with Crippen molar-refractivity contribution in [3.8, 4) is 11.8 Å². The maximum Gasteiger partial charge on any atom is 0.265 e. The highest BCUT2D eigenvalue weighted by atomic mass is 16.5. The maximum absolute atomic E-state index is 12.4. The van der Waals surface area contributed by atoms with Crippen molar-refractivity contribution in [1.29, 1.82) is 5.26 Å². The van der Waals surface area contributed by atoms with Crippen LogP contribution in [0.2, 0.25) is 0 Å². The van der Waals surface area contributed by atoms with E-state index in [0.29, 0.717) is 11.3 Å². The van der Waals surface area contributed by atoms with Crippen molar-refractivity contribution < 1.29 is 9.53 Å². The second kappa shape index (κ2) is 6.84. The van der Waals surface area contributed by atoms with Gasteiger partial charge in [0.2, 0.25) is 0 Å². The fraction of sp³-hybridized carbons (Fsp3) is 0.100. The Kier molecular flexibility index (Phi) is 4.44. The van der Waals surface area contributed by atoms with Crippen molar-refractivity contribution in [1.82, 2.24) is 0 Å². The minimum atomic E-state index is -0.724. The van der Waals surface area contributed by atoms with E-state index in [0.717, 1.165) is 16.5 Å². The lowest BCUT2D eigenvalue weighted by atomic mass is 10.1. The first-order valence-corrected chi connectivity index (χ1v) is 7.63. The van der Waals surface area contributed by atoms with Gasteiger partial charge in [-0.2, -0.15) is 5.26 Å². The number of ether oxygens (including phenoxy) is 1. The third kappa shape index (κ3) is 3.21. The number of hydrogen-bond acceptors (Lipinski definition) is 3. The SMILES string of the molecule is C[C@@H](Oc1ccccc1C#N)C(=O)Nc1cccc2ccccc12. The van der Waals surface area contributed by atoms with E-state index in [4.69, 9.17) is 10.00 Å². The molecule has 0 bridgehead atoms. The molecule has 24 heavy (non-hydrogen) atoms. The van der Waals surface area contributed by atoms with Crippen LogP contribution >= 0.6 is 0 Å². The van der Waals surface area contributed by atoms with Crippen LogP contribution < -0.4 is 10.1 Å². The van der Waals surface area contributed by atoms with Crippen molar-refractivity contribution in [2.24, 2.45) is 0 Å². The fourth-order valence-electron chi connectivity index (χ4n) is 2.47. The molecule has 0 aromatic heterocycles. The van der Waals surface area contributed by atoms with E-state index < -0.39 is 6.10 Å². The second-order valence-corrected chi connectivity index (χ2v) is 5.38. The molecule has 1 N–H and O–H groups in total. The van der Waals surface area contributed by atoms with Crippen molar-refractivity contribution in [3.05, 3.63) is 72.3 Å². The second-order valence-electron chi connectivity index (χ2n) is 5.38. The summed E-state index contributed by atoms with van der Waals surface area (Å²) in [4.78, 5) is 12.4. The number of rotatable bonds is 4. The molecule has 0 aliphatic rings. The number of nitrogens with one attached hydrogen (secondary N) is 1. The molecule has 1 atom stereocenters. The van der Waals surface area contributed by atoms with Gasteiger partial charge in [-0.05, 0) is 30.5 Å².